The summed E-state index contributed by atoms with van der Waals surface area (Å²) in [5.41, 5.74) is 1.87. The molecule has 6 nitrogen and oxygen atoms in total. The van der Waals surface area contributed by atoms with Crippen LogP contribution in [0.1, 0.15) is 24.0 Å². The first kappa shape index (κ1) is 20.3. The highest BCUT2D eigenvalue weighted by atomic mass is 16.6. The predicted octanol–water partition coefficient (Wildman–Crippen LogP) is 1.43. The molecule has 1 N–H and O–H groups in total. The number of quaternary nitrogens is 1. The van der Waals surface area contributed by atoms with E-state index < -0.39 is 0 Å². The maximum absolute atomic E-state index is 13.8. The van der Waals surface area contributed by atoms with Crippen molar-refractivity contribution >= 4 is 5.91 Å². The molecule has 1 saturated carbocycles. The van der Waals surface area contributed by atoms with Gasteiger partial charge in [-0.15, -0.1) is 0 Å². The molecule has 1 saturated heterocycles. The summed E-state index contributed by atoms with van der Waals surface area (Å²) in [6.07, 6.45) is 1.86. The molecule has 0 atom stereocenters. The Labute approximate surface area is 183 Å². The minimum absolute atomic E-state index is 0.251. The van der Waals surface area contributed by atoms with Crippen LogP contribution in [0.5, 0.6) is 11.5 Å². The van der Waals surface area contributed by atoms with Crippen molar-refractivity contribution in [2.45, 2.75) is 24.8 Å². The van der Waals surface area contributed by atoms with Crippen LogP contribution in [0.3, 0.4) is 0 Å². The molecule has 0 bridgehead atoms. The van der Waals surface area contributed by atoms with E-state index in [0.29, 0.717) is 19.8 Å². The number of hydrogen-bond acceptors (Lipinski definition) is 4. The van der Waals surface area contributed by atoms with E-state index >= 15 is 0 Å². The van der Waals surface area contributed by atoms with Crippen molar-refractivity contribution in [2.75, 3.05) is 52.6 Å². The van der Waals surface area contributed by atoms with E-state index in [-0.39, 0.29) is 11.3 Å². The van der Waals surface area contributed by atoms with Gasteiger partial charge in [0, 0.05) is 6.54 Å². The Morgan fingerprint density at radius 3 is 2.42 bits per heavy atom. The van der Waals surface area contributed by atoms with E-state index in [2.05, 4.69) is 23.1 Å². The third-order valence-corrected chi connectivity index (χ3v) is 6.69. The average Bonchev–Trinajstić information content (AvgIpc) is 3.65. The standard InChI is InChI=1S/C25H30N2O4/c28-24(25(8-9-25)21-4-2-1-3-5-21)27(11-10-26-12-14-29-15-13-26)19-20-6-7-22-23(18-20)31-17-16-30-22/h1-7,18H,8-17,19H2/p+1. The summed E-state index contributed by atoms with van der Waals surface area (Å²) >= 11 is 0. The Kier molecular flexibility index (Phi) is 5.83. The van der Waals surface area contributed by atoms with Gasteiger partial charge in [-0.3, -0.25) is 4.79 Å². The lowest BCUT2D eigenvalue weighted by Gasteiger charge is -2.31. The molecule has 2 heterocycles. The number of hydrogen-bond donors (Lipinski definition) is 1. The van der Waals surface area contributed by atoms with Crippen molar-refractivity contribution in [1.82, 2.24) is 4.90 Å². The van der Waals surface area contributed by atoms with Gasteiger partial charge < -0.3 is 24.0 Å². The van der Waals surface area contributed by atoms with Crippen LogP contribution in [-0.4, -0.2) is 63.4 Å². The van der Waals surface area contributed by atoms with Crippen molar-refractivity contribution in [1.29, 1.82) is 0 Å². The van der Waals surface area contributed by atoms with E-state index in [4.69, 9.17) is 14.2 Å². The van der Waals surface area contributed by atoms with E-state index in [1.807, 2.05) is 30.3 Å². The number of carbonyl (C=O) groups is 1. The SMILES string of the molecule is O=C(N(CC[NH+]1CCOCC1)Cc1ccc2c(c1)OCCO2)C1(c2ccccc2)CC1. The number of ether oxygens (including phenoxy) is 3. The first-order chi connectivity index (χ1) is 15.2. The Bertz CT molecular complexity index is 907. The Balaban J connectivity index is 1.36. The summed E-state index contributed by atoms with van der Waals surface area (Å²) in [6, 6.07) is 16.3. The summed E-state index contributed by atoms with van der Waals surface area (Å²) in [6.45, 7) is 7.07. The highest BCUT2D eigenvalue weighted by molar-refractivity contribution is 5.91. The minimum Gasteiger partial charge on any atom is -0.486 e. The van der Waals surface area contributed by atoms with Gasteiger partial charge >= 0.3 is 0 Å². The van der Waals surface area contributed by atoms with Crippen LogP contribution < -0.4 is 14.4 Å². The summed E-state index contributed by atoms with van der Waals surface area (Å²) < 4.78 is 16.9. The number of amides is 1. The topological polar surface area (TPSA) is 52.4 Å². The van der Waals surface area contributed by atoms with Crippen molar-refractivity contribution in [3.63, 3.8) is 0 Å². The monoisotopic (exact) mass is 423 g/mol. The molecule has 5 rings (SSSR count). The van der Waals surface area contributed by atoms with Crippen LogP contribution >= 0.6 is 0 Å². The molecule has 2 fully saturated rings. The average molecular weight is 424 g/mol. The normalized spacial score (nSPS) is 19.6. The van der Waals surface area contributed by atoms with Crippen molar-refractivity contribution < 1.29 is 23.9 Å². The van der Waals surface area contributed by atoms with E-state index in [1.165, 1.54) is 4.90 Å². The summed E-state index contributed by atoms with van der Waals surface area (Å²) in [5.74, 6) is 1.81. The molecule has 3 aliphatic rings. The molecule has 0 spiro atoms. The molecule has 1 amide bonds. The number of rotatable bonds is 7. The lowest BCUT2D eigenvalue weighted by atomic mass is 9.94. The number of nitrogens with zero attached hydrogens (tertiary/aromatic N) is 1. The van der Waals surface area contributed by atoms with Gasteiger partial charge in [-0.25, -0.2) is 0 Å². The van der Waals surface area contributed by atoms with Gasteiger partial charge in [0.1, 0.15) is 26.3 Å². The van der Waals surface area contributed by atoms with Crippen LogP contribution in [-0.2, 0) is 21.5 Å². The van der Waals surface area contributed by atoms with Crippen molar-refractivity contribution in [2.24, 2.45) is 0 Å². The maximum atomic E-state index is 13.8. The van der Waals surface area contributed by atoms with Crippen LogP contribution in [0.25, 0.3) is 0 Å². The second kappa shape index (κ2) is 8.89. The first-order valence-electron chi connectivity index (χ1n) is 11.4. The van der Waals surface area contributed by atoms with Gasteiger partial charge in [0.05, 0.1) is 31.7 Å². The molecular formula is C25H31N2O4+. The third-order valence-electron chi connectivity index (χ3n) is 6.69. The zero-order chi connectivity index (χ0) is 21.1. The van der Waals surface area contributed by atoms with Crippen molar-refractivity contribution in [3.05, 3.63) is 59.7 Å². The number of nitrogens with one attached hydrogen (secondary N) is 1. The molecule has 2 aromatic carbocycles. The van der Waals surface area contributed by atoms with Crippen LogP contribution in [0.2, 0.25) is 0 Å². The fourth-order valence-electron chi connectivity index (χ4n) is 4.67. The fraction of sp³-hybridized carbons (Fsp3) is 0.480. The van der Waals surface area contributed by atoms with Gasteiger partial charge in [-0.2, -0.15) is 0 Å². The lowest BCUT2D eigenvalue weighted by molar-refractivity contribution is -0.907. The summed E-state index contributed by atoms with van der Waals surface area (Å²) in [4.78, 5) is 17.4. The number of carbonyl (C=O) groups excluding carboxylic acids is 1. The fourth-order valence-corrected chi connectivity index (χ4v) is 4.67. The third kappa shape index (κ3) is 4.41. The summed E-state index contributed by atoms with van der Waals surface area (Å²) in [5, 5.41) is 0. The maximum Gasteiger partial charge on any atom is 0.233 e. The number of fused-ring (bicyclic) bond motifs is 1. The van der Waals surface area contributed by atoms with Gasteiger partial charge in [0.2, 0.25) is 5.91 Å². The van der Waals surface area contributed by atoms with Crippen LogP contribution in [0.15, 0.2) is 48.5 Å². The van der Waals surface area contributed by atoms with Crippen LogP contribution in [0, 0.1) is 0 Å². The highest BCUT2D eigenvalue weighted by Gasteiger charge is 2.53. The van der Waals surface area contributed by atoms with Crippen LogP contribution in [0.4, 0.5) is 0 Å². The zero-order valence-corrected chi connectivity index (χ0v) is 18.0. The molecule has 0 unspecified atom stereocenters. The lowest BCUT2D eigenvalue weighted by Crippen LogP contribution is -3.14. The molecule has 1 aliphatic carbocycles. The molecule has 164 valence electrons. The van der Waals surface area contributed by atoms with E-state index in [9.17, 15) is 4.79 Å². The summed E-state index contributed by atoms with van der Waals surface area (Å²) in [7, 11) is 0. The number of morpholine rings is 1. The molecule has 2 aliphatic heterocycles. The smallest absolute Gasteiger partial charge is 0.233 e. The molecule has 0 radical (unpaired) electrons. The van der Waals surface area contributed by atoms with E-state index in [1.54, 1.807) is 0 Å². The Morgan fingerprint density at radius 2 is 1.68 bits per heavy atom. The van der Waals surface area contributed by atoms with Gasteiger partial charge in [0.15, 0.2) is 11.5 Å². The second-order valence-corrected chi connectivity index (χ2v) is 8.77. The van der Waals surface area contributed by atoms with Gasteiger partial charge in [0.25, 0.3) is 0 Å². The second-order valence-electron chi connectivity index (χ2n) is 8.77. The quantitative estimate of drug-likeness (QED) is 0.732. The molecule has 0 aromatic heterocycles. The Morgan fingerprint density at radius 1 is 0.935 bits per heavy atom. The van der Waals surface area contributed by atoms with Gasteiger partial charge in [-0.1, -0.05) is 36.4 Å². The van der Waals surface area contributed by atoms with E-state index in [0.717, 1.165) is 74.9 Å². The predicted molar refractivity (Wildman–Crippen MR) is 117 cm³/mol. The van der Waals surface area contributed by atoms with Gasteiger partial charge in [-0.05, 0) is 36.1 Å². The Hall–Kier alpha value is -2.57. The zero-order valence-electron chi connectivity index (χ0n) is 18.0. The van der Waals surface area contributed by atoms with Crippen molar-refractivity contribution in [3.8, 4) is 11.5 Å². The first-order valence-corrected chi connectivity index (χ1v) is 11.4. The molecule has 6 heteroatoms. The highest BCUT2D eigenvalue weighted by Crippen LogP contribution is 2.49. The molecule has 31 heavy (non-hydrogen) atoms. The number of benzene rings is 2. The molecule has 2 aromatic rings. The largest absolute Gasteiger partial charge is 0.486 e. The minimum atomic E-state index is -0.352. The molecular weight excluding hydrogens is 392 g/mol.